The van der Waals surface area contributed by atoms with E-state index in [1.54, 1.807) is 18.4 Å². The fourth-order valence-electron chi connectivity index (χ4n) is 4.29. The van der Waals surface area contributed by atoms with Crippen molar-refractivity contribution in [1.29, 1.82) is 0 Å². The molecule has 1 unspecified atom stereocenters. The Balaban J connectivity index is 1.75. The van der Waals surface area contributed by atoms with Gasteiger partial charge in [-0.3, -0.25) is 4.79 Å². The van der Waals surface area contributed by atoms with Gasteiger partial charge in [0.25, 0.3) is 5.24 Å². The predicted molar refractivity (Wildman–Crippen MR) is 107 cm³/mol. The molecule has 2 aliphatic heterocycles. The summed E-state index contributed by atoms with van der Waals surface area (Å²) in [6.07, 6.45) is 0.254. The highest BCUT2D eigenvalue weighted by Gasteiger charge is 2.33. The lowest BCUT2D eigenvalue weighted by Gasteiger charge is -2.40. The molecule has 0 fully saturated rings. The van der Waals surface area contributed by atoms with Gasteiger partial charge in [-0.05, 0) is 66.5 Å². The Bertz CT molecular complexity index is 896. The number of rotatable bonds is 2. The first-order valence-electron chi connectivity index (χ1n) is 9.30. The van der Waals surface area contributed by atoms with E-state index in [4.69, 9.17) is 0 Å². The van der Waals surface area contributed by atoms with Crippen molar-refractivity contribution in [2.75, 3.05) is 29.6 Å². The van der Waals surface area contributed by atoms with Crippen molar-refractivity contribution < 1.29 is 18.0 Å². The minimum absolute atomic E-state index is 0.0246. The molecule has 0 bridgehead atoms. The smallest absolute Gasteiger partial charge is 0.371 e. The number of anilines is 2. The topological polar surface area (TPSA) is 32.3 Å². The van der Waals surface area contributed by atoms with Crippen molar-refractivity contribution in [3.8, 4) is 0 Å². The molecular formula is C21H21F3N2OS. The summed E-state index contributed by atoms with van der Waals surface area (Å²) in [5, 5.41) is 2.79. The summed E-state index contributed by atoms with van der Waals surface area (Å²) in [7, 11) is 0. The second-order valence-corrected chi connectivity index (χ2v) is 8.02. The maximum atomic E-state index is 12.9. The monoisotopic (exact) mass is 406 g/mol. The Hall–Kier alpha value is -2.15. The van der Waals surface area contributed by atoms with Crippen LogP contribution >= 0.6 is 11.8 Å². The summed E-state index contributed by atoms with van der Waals surface area (Å²) in [6.45, 7) is 1.89. The number of nitrogens with one attached hydrogen (secondary N) is 1. The Morgan fingerprint density at radius 3 is 2.61 bits per heavy atom. The van der Waals surface area contributed by atoms with Gasteiger partial charge in [0.15, 0.2) is 0 Å². The molecule has 3 nitrogen and oxygen atoms in total. The number of aryl methyl sites for hydroxylation is 1. The van der Waals surface area contributed by atoms with Crippen LogP contribution < -0.4 is 10.2 Å². The maximum Gasteiger partial charge on any atom is 0.416 e. The van der Waals surface area contributed by atoms with E-state index in [1.165, 1.54) is 11.3 Å². The van der Waals surface area contributed by atoms with Gasteiger partial charge in [-0.1, -0.05) is 23.9 Å². The number of carbonyl (C=O) groups is 1. The number of hydrogen-bond donors (Lipinski definition) is 1. The highest BCUT2D eigenvalue weighted by molar-refractivity contribution is 8.13. The largest absolute Gasteiger partial charge is 0.416 e. The lowest BCUT2D eigenvalue weighted by molar-refractivity contribution is -0.137. The van der Waals surface area contributed by atoms with E-state index in [-0.39, 0.29) is 11.2 Å². The second-order valence-electron chi connectivity index (χ2n) is 7.24. The van der Waals surface area contributed by atoms with E-state index in [0.29, 0.717) is 0 Å². The summed E-state index contributed by atoms with van der Waals surface area (Å²) >= 11 is 1.12. The van der Waals surface area contributed by atoms with Gasteiger partial charge in [-0.2, -0.15) is 13.2 Å². The number of nitrogens with zero attached hydrogens (tertiary/aromatic N) is 1. The molecular weight excluding hydrogens is 385 g/mol. The molecule has 1 atom stereocenters. The second kappa shape index (κ2) is 7.35. The van der Waals surface area contributed by atoms with Crippen molar-refractivity contribution in [2.45, 2.75) is 31.4 Å². The summed E-state index contributed by atoms with van der Waals surface area (Å²) in [5.74, 6) is 0.0246. The molecule has 0 spiro atoms. The zero-order chi connectivity index (χ0) is 19.9. The Morgan fingerprint density at radius 1 is 1.18 bits per heavy atom. The van der Waals surface area contributed by atoms with Crippen molar-refractivity contribution >= 4 is 28.4 Å². The quantitative estimate of drug-likeness (QED) is 0.675. The third kappa shape index (κ3) is 3.60. The van der Waals surface area contributed by atoms with E-state index in [9.17, 15) is 18.0 Å². The van der Waals surface area contributed by atoms with Crippen molar-refractivity contribution in [1.82, 2.24) is 0 Å². The number of carbonyl (C=O) groups excluding carboxylic acids is 1. The number of benzene rings is 2. The number of thioether (sulfide) groups is 1. The van der Waals surface area contributed by atoms with Gasteiger partial charge >= 0.3 is 6.18 Å². The maximum absolute atomic E-state index is 12.9. The molecule has 1 amide bonds. The minimum Gasteiger partial charge on any atom is -0.371 e. The molecule has 2 heterocycles. The number of alkyl halides is 3. The summed E-state index contributed by atoms with van der Waals surface area (Å²) in [6, 6.07) is 9.53. The summed E-state index contributed by atoms with van der Waals surface area (Å²) in [5.41, 5.74) is 4.51. The molecule has 0 saturated carbocycles. The van der Waals surface area contributed by atoms with Gasteiger partial charge in [0, 0.05) is 30.4 Å². The summed E-state index contributed by atoms with van der Waals surface area (Å²) < 4.78 is 38.8. The van der Waals surface area contributed by atoms with Crippen molar-refractivity contribution in [3.63, 3.8) is 0 Å². The van der Waals surface area contributed by atoms with Crippen molar-refractivity contribution in [3.05, 3.63) is 58.7 Å². The van der Waals surface area contributed by atoms with Gasteiger partial charge in [0.2, 0.25) is 0 Å². The molecule has 0 saturated heterocycles. The first-order chi connectivity index (χ1) is 13.4. The van der Waals surface area contributed by atoms with Crippen LogP contribution in [0.15, 0.2) is 36.4 Å². The van der Waals surface area contributed by atoms with Crippen molar-refractivity contribution in [2.24, 2.45) is 0 Å². The number of amides is 1. The van der Waals surface area contributed by atoms with Gasteiger partial charge in [-0.25, -0.2) is 0 Å². The molecule has 2 aliphatic rings. The number of hydrogen-bond acceptors (Lipinski definition) is 3. The normalized spacial score (nSPS) is 18.6. The average Bonchev–Trinajstić information content (AvgIpc) is 2.68. The molecule has 28 heavy (non-hydrogen) atoms. The van der Waals surface area contributed by atoms with Crippen LogP contribution in [-0.2, 0) is 12.6 Å². The molecule has 1 N–H and O–H groups in total. The Labute approximate surface area is 166 Å². The molecule has 0 radical (unpaired) electrons. The Kier molecular flexibility index (Phi) is 5.04. The first kappa shape index (κ1) is 19.2. The van der Waals surface area contributed by atoms with Crippen LogP contribution in [0.3, 0.4) is 0 Å². The average molecular weight is 406 g/mol. The van der Waals surface area contributed by atoms with E-state index < -0.39 is 11.7 Å². The minimum atomic E-state index is -4.33. The van der Waals surface area contributed by atoms with Crippen LogP contribution in [0.4, 0.5) is 29.3 Å². The third-order valence-electron chi connectivity index (χ3n) is 5.54. The highest BCUT2D eigenvalue weighted by atomic mass is 32.2. The summed E-state index contributed by atoms with van der Waals surface area (Å²) in [4.78, 5) is 14.2. The molecule has 2 aromatic carbocycles. The van der Waals surface area contributed by atoms with E-state index >= 15 is 0 Å². The predicted octanol–water partition coefficient (Wildman–Crippen LogP) is 5.89. The van der Waals surface area contributed by atoms with Gasteiger partial charge < -0.3 is 10.2 Å². The van der Waals surface area contributed by atoms with Crippen LogP contribution in [0.1, 0.15) is 41.0 Å². The van der Waals surface area contributed by atoms with Gasteiger partial charge in [0.05, 0.1) is 5.56 Å². The SMILES string of the molecule is CSC(=O)Nc1cc2c3c(c1)C(c1ccc(C(F)(F)F)cc1)CCN3CCC2. The van der Waals surface area contributed by atoms with Gasteiger partial charge in [0.1, 0.15) is 0 Å². The van der Waals surface area contributed by atoms with Crippen LogP contribution in [0.5, 0.6) is 0 Å². The lowest BCUT2D eigenvalue weighted by atomic mass is 9.80. The molecule has 0 aromatic heterocycles. The third-order valence-corrected chi connectivity index (χ3v) is 6.02. The number of halogens is 3. The fourth-order valence-corrected chi connectivity index (χ4v) is 4.51. The molecule has 4 rings (SSSR count). The van der Waals surface area contributed by atoms with Crippen LogP contribution in [-0.4, -0.2) is 24.6 Å². The standard InChI is InChI=1S/C21H21F3N2OS/c1-28-20(27)25-16-11-14-3-2-9-26-10-8-17(18(12-16)19(14)26)13-4-6-15(7-5-13)21(22,23)24/h4-7,11-12,17H,2-3,8-10H2,1H3,(H,25,27). The zero-order valence-corrected chi connectivity index (χ0v) is 16.3. The van der Waals surface area contributed by atoms with E-state index in [1.807, 2.05) is 12.1 Å². The van der Waals surface area contributed by atoms with Gasteiger partial charge in [-0.15, -0.1) is 0 Å². The fraction of sp³-hybridized carbons (Fsp3) is 0.381. The van der Waals surface area contributed by atoms with E-state index in [0.717, 1.165) is 73.1 Å². The molecule has 2 aromatic rings. The van der Waals surface area contributed by atoms with E-state index in [2.05, 4.69) is 10.2 Å². The van der Waals surface area contributed by atoms with Crippen LogP contribution in [0, 0.1) is 0 Å². The lowest BCUT2D eigenvalue weighted by Crippen LogP contribution is -2.36. The molecule has 148 valence electrons. The molecule has 7 heteroatoms. The first-order valence-corrected chi connectivity index (χ1v) is 10.5. The zero-order valence-electron chi connectivity index (χ0n) is 15.5. The Morgan fingerprint density at radius 2 is 1.93 bits per heavy atom. The van der Waals surface area contributed by atoms with Crippen LogP contribution in [0.2, 0.25) is 0 Å². The molecule has 0 aliphatic carbocycles. The highest BCUT2D eigenvalue weighted by Crippen LogP contribution is 2.45. The van der Waals surface area contributed by atoms with Crippen LogP contribution in [0.25, 0.3) is 0 Å².